The fourth-order valence-corrected chi connectivity index (χ4v) is 4.26. The molecular weight excluding hydrogens is 529 g/mol. The summed E-state index contributed by atoms with van der Waals surface area (Å²) < 4.78 is 11.6. The third-order valence-corrected chi connectivity index (χ3v) is 6.15. The number of aromatic nitrogens is 1. The lowest BCUT2D eigenvalue weighted by atomic mass is 10.1. The van der Waals surface area contributed by atoms with Crippen LogP contribution >= 0.6 is 47.0 Å². The van der Waals surface area contributed by atoms with Gasteiger partial charge in [0.05, 0.1) is 15.7 Å². The van der Waals surface area contributed by atoms with Gasteiger partial charge in [0.2, 0.25) is 5.89 Å². The molecule has 1 unspecified atom stereocenters. The Morgan fingerprint density at radius 2 is 1.83 bits per heavy atom. The molecule has 4 rings (SSSR count). The number of anilines is 1. The quantitative estimate of drug-likeness (QED) is 0.254. The van der Waals surface area contributed by atoms with E-state index < -0.39 is 12.0 Å². The van der Waals surface area contributed by atoms with Crippen LogP contribution < -0.4 is 15.4 Å². The van der Waals surface area contributed by atoms with E-state index in [9.17, 15) is 4.79 Å². The maximum atomic E-state index is 12.6. The van der Waals surface area contributed by atoms with E-state index in [-0.39, 0.29) is 5.11 Å². The number of ether oxygens (including phenoxy) is 1. The minimum Gasteiger partial charge on any atom is -0.479 e. The molecule has 1 aromatic heterocycles. The lowest BCUT2D eigenvalue weighted by molar-refractivity contribution is -0.125. The number of amides is 1. The highest BCUT2D eigenvalue weighted by Gasteiger charge is 2.19. The molecule has 3 aromatic carbocycles. The first-order valence-electron chi connectivity index (χ1n) is 10.5. The number of aryl methyl sites for hydroxylation is 2. The number of nitrogens with one attached hydrogen (secondary N) is 2. The molecule has 0 aliphatic heterocycles. The van der Waals surface area contributed by atoms with E-state index in [1.54, 1.807) is 37.3 Å². The van der Waals surface area contributed by atoms with Crippen molar-refractivity contribution < 1.29 is 13.9 Å². The number of carbonyl (C=O) groups excluding carboxylic acids is 1. The summed E-state index contributed by atoms with van der Waals surface area (Å²) in [6.45, 7) is 5.57. The van der Waals surface area contributed by atoms with Crippen LogP contribution in [0.2, 0.25) is 15.1 Å². The second-order valence-corrected chi connectivity index (χ2v) is 9.58. The molecule has 0 radical (unpaired) electrons. The predicted octanol–water partition coefficient (Wildman–Crippen LogP) is 7.35. The highest BCUT2D eigenvalue weighted by molar-refractivity contribution is 7.80. The van der Waals surface area contributed by atoms with Crippen LogP contribution in [-0.4, -0.2) is 22.1 Å². The summed E-state index contributed by atoms with van der Waals surface area (Å²) >= 11 is 23.7. The van der Waals surface area contributed by atoms with Gasteiger partial charge in [-0.3, -0.25) is 10.1 Å². The van der Waals surface area contributed by atoms with Crippen molar-refractivity contribution in [2.24, 2.45) is 0 Å². The van der Waals surface area contributed by atoms with E-state index >= 15 is 0 Å². The summed E-state index contributed by atoms with van der Waals surface area (Å²) in [5.74, 6) is 0.313. The maximum absolute atomic E-state index is 12.6. The number of oxazole rings is 1. The highest BCUT2D eigenvalue weighted by Crippen LogP contribution is 2.32. The minimum atomic E-state index is -0.873. The van der Waals surface area contributed by atoms with Gasteiger partial charge in [0.1, 0.15) is 11.3 Å². The summed E-state index contributed by atoms with van der Waals surface area (Å²) in [6.07, 6.45) is -0.873. The molecule has 1 atom stereocenters. The Morgan fingerprint density at radius 1 is 1.06 bits per heavy atom. The number of carbonyl (C=O) groups is 1. The SMILES string of the molecule is Cc1cc(C)c2oc(-c3ccc(Cl)c(NC(=S)NC(=O)C(C)Oc4ccc(Cl)cc4Cl)c3)nc2c1. The average molecular weight is 549 g/mol. The number of fused-ring (bicyclic) bond motifs is 1. The van der Waals surface area contributed by atoms with Gasteiger partial charge in [-0.15, -0.1) is 0 Å². The lowest BCUT2D eigenvalue weighted by Gasteiger charge is -2.17. The van der Waals surface area contributed by atoms with E-state index in [4.69, 9.17) is 56.2 Å². The summed E-state index contributed by atoms with van der Waals surface area (Å²) in [6, 6.07) is 14.0. The van der Waals surface area contributed by atoms with Crippen molar-refractivity contribution in [3.63, 3.8) is 0 Å². The van der Waals surface area contributed by atoms with Gasteiger partial charge in [-0.1, -0.05) is 40.9 Å². The fourth-order valence-electron chi connectivity index (χ4n) is 3.44. The summed E-state index contributed by atoms with van der Waals surface area (Å²) in [5, 5.41) is 6.75. The normalized spacial score (nSPS) is 11.8. The Balaban J connectivity index is 1.46. The monoisotopic (exact) mass is 547 g/mol. The molecule has 0 saturated heterocycles. The van der Waals surface area contributed by atoms with Gasteiger partial charge >= 0.3 is 0 Å². The number of hydrogen-bond acceptors (Lipinski definition) is 5. The molecule has 4 aromatic rings. The van der Waals surface area contributed by atoms with Crippen LogP contribution in [0, 0.1) is 13.8 Å². The molecule has 1 amide bonds. The third kappa shape index (κ3) is 5.87. The Hall–Kier alpha value is -2.84. The number of hydrogen-bond donors (Lipinski definition) is 2. The van der Waals surface area contributed by atoms with Gasteiger partial charge in [-0.05, 0) is 86.6 Å². The zero-order valence-corrected chi connectivity index (χ0v) is 22.0. The van der Waals surface area contributed by atoms with Crippen molar-refractivity contribution in [3.8, 4) is 17.2 Å². The van der Waals surface area contributed by atoms with Crippen molar-refractivity contribution in [2.75, 3.05) is 5.32 Å². The van der Waals surface area contributed by atoms with Crippen molar-refractivity contribution >= 4 is 74.8 Å². The zero-order chi connectivity index (χ0) is 25.3. The first kappa shape index (κ1) is 25.3. The second kappa shape index (κ2) is 10.4. The molecule has 10 heteroatoms. The summed E-state index contributed by atoms with van der Waals surface area (Å²) in [4.78, 5) is 17.2. The van der Waals surface area contributed by atoms with Crippen LogP contribution in [0.25, 0.3) is 22.6 Å². The molecule has 35 heavy (non-hydrogen) atoms. The standard InChI is InChI=1S/C25H20Cl3N3O3S/c1-12-8-13(2)22-20(9-12)29-24(34-22)15-4-6-17(27)19(10-15)30-25(35)31-23(32)14(3)33-21-7-5-16(26)11-18(21)28/h4-11,14H,1-3H3,(H2,30,31,32,35). The van der Waals surface area contributed by atoms with E-state index in [2.05, 4.69) is 15.6 Å². The van der Waals surface area contributed by atoms with Crippen molar-refractivity contribution in [1.82, 2.24) is 10.3 Å². The summed E-state index contributed by atoms with van der Waals surface area (Å²) in [7, 11) is 0. The molecule has 0 aliphatic rings. The average Bonchev–Trinajstić information content (AvgIpc) is 3.21. The molecular formula is C25H20Cl3N3O3S. The molecule has 2 N–H and O–H groups in total. The molecule has 0 saturated carbocycles. The molecule has 0 bridgehead atoms. The van der Waals surface area contributed by atoms with Crippen molar-refractivity contribution in [3.05, 3.63) is 74.7 Å². The van der Waals surface area contributed by atoms with Gasteiger partial charge in [-0.25, -0.2) is 4.98 Å². The molecule has 1 heterocycles. The Morgan fingerprint density at radius 3 is 2.57 bits per heavy atom. The Kier molecular flexibility index (Phi) is 7.52. The van der Waals surface area contributed by atoms with Crippen LogP contribution in [0.4, 0.5) is 5.69 Å². The molecule has 0 aliphatic carbocycles. The predicted molar refractivity (Wildman–Crippen MR) is 145 cm³/mol. The molecule has 0 spiro atoms. The van der Waals surface area contributed by atoms with E-state index in [0.29, 0.717) is 38.0 Å². The topological polar surface area (TPSA) is 76.4 Å². The third-order valence-electron chi connectivity index (χ3n) is 5.09. The van der Waals surface area contributed by atoms with Crippen LogP contribution in [0.5, 0.6) is 5.75 Å². The minimum absolute atomic E-state index is 0.0516. The molecule has 0 fully saturated rings. The smallest absolute Gasteiger partial charge is 0.266 e. The number of thiocarbonyl (C=S) groups is 1. The first-order chi connectivity index (χ1) is 16.6. The maximum Gasteiger partial charge on any atom is 0.266 e. The van der Waals surface area contributed by atoms with Gasteiger partial charge in [0.25, 0.3) is 5.91 Å². The highest BCUT2D eigenvalue weighted by atomic mass is 35.5. The molecule has 180 valence electrons. The van der Waals surface area contributed by atoms with Crippen LogP contribution in [0.15, 0.2) is 52.9 Å². The number of halogens is 3. The molecule has 6 nitrogen and oxygen atoms in total. The van der Waals surface area contributed by atoms with Crippen LogP contribution in [0.3, 0.4) is 0 Å². The number of nitrogens with zero attached hydrogens (tertiary/aromatic N) is 1. The Bertz CT molecular complexity index is 1450. The van der Waals surface area contributed by atoms with E-state index in [0.717, 1.165) is 22.2 Å². The zero-order valence-electron chi connectivity index (χ0n) is 18.9. The van der Waals surface area contributed by atoms with E-state index in [1.807, 2.05) is 26.0 Å². The lowest BCUT2D eigenvalue weighted by Crippen LogP contribution is -2.42. The van der Waals surface area contributed by atoms with Gasteiger partial charge < -0.3 is 14.5 Å². The van der Waals surface area contributed by atoms with Gasteiger partial charge in [0.15, 0.2) is 16.8 Å². The first-order valence-corrected chi connectivity index (χ1v) is 12.1. The van der Waals surface area contributed by atoms with Gasteiger partial charge in [0, 0.05) is 10.6 Å². The fraction of sp³-hybridized carbons (Fsp3) is 0.160. The van der Waals surface area contributed by atoms with Crippen molar-refractivity contribution in [1.29, 1.82) is 0 Å². The van der Waals surface area contributed by atoms with E-state index in [1.165, 1.54) is 6.07 Å². The number of benzene rings is 3. The second-order valence-electron chi connectivity index (χ2n) is 7.92. The van der Waals surface area contributed by atoms with Crippen molar-refractivity contribution in [2.45, 2.75) is 26.9 Å². The summed E-state index contributed by atoms with van der Waals surface area (Å²) in [5.41, 5.74) is 4.80. The van der Waals surface area contributed by atoms with Gasteiger partial charge in [-0.2, -0.15) is 0 Å². The van der Waals surface area contributed by atoms with Crippen LogP contribution in [-0.2, 0) is 4.79 Å². The number of rotatable bonds is 5. The Labute approximate surface area is 222 Å². The largest absolute Gasteiger partial charge is 0.479 e. The van der Waals surface area contributed by atoms with Crippen LogP contribution in [0.1, 0.15) is 18.1 Å².